The molecule has 1 heterocycles. The number of non-ortho nitro benzene ring substituents is 1. The zero-order chi connectivity index (χ0) is 102. The van der Waals surface area contributed by atoms with Crippen molar-refractivity contribution >= 4 is 64.4 Å². The maximum Gasteiger partial charge on any atom is 0.306 e. The Balaban J connectivity index is 0.000000773. The summed E-state index contributed by atoms with van der Waals surface area (Å²) in [6, 6.07) is 58.1. The monoisotopic (exact) mass is 1870 g/mol. The van der Waals surface area contributed by atoms with Gasteiger partial charge in [0.1, 0.15) is 31.3 Å². The number of nitro benzene ring substituents is 1. The topological polar surface area (TPSA) is 274 Å². The Bertz CT molecular complexity index is 4460. The number of methoxy groups -OCH3 is 2. The molecule has 21 nitrogen and oxygen atoms in total. The Labute approximate surface area is 813 Å². The number of benzene rings is 7. The van der Waals surface area contributed by atoms with Gasteiger partial charge in [0.25, 0.3) is 5.69 Å². The van der Waals surface area contributed by atoms with Gasteiger partial charge in [-0.2, -0.15) is 0 Å². The largest absolute Gasteiger partial charge is 0.497 e. The molecule has 135 heavy (non-hydrogen) atoms. The Kier molecular flexibility index (Phi) is 58.5. The van der Waals surface area contributed by atoms with Crippen molar-refractivity contribution in [1.82, 2.24) is 10.2 Å². The van der Waals surface area contributed by atoms with Crippen LogP contribution in [0.15, 0.2) is 188 Å². The van der Waals surface area contributed by atoms with E-state index in [1.165, 1.54) is 49.9 Å². The van der Waals surface area contributed by atoms with Crippen molar-refractivity contribution in [3.63, 3.8) is 0 Å². The molecule has 0 aromatic heterocycles. The summed E-state index contributed by atoms with van der Waals surface area (Å²) in [5, 5.41) is 19.0. The van der Waals surface area contributed by atoms with Crippen LogP contribution in [-0.2, 0) is 78.9 Å². The molecule has 1 saturated heterocycles. The average Bonchev–Trinajstić information content (AvgIpc) is 0.866. The first-order chi connectivity index (χ1) is 62.9. The highest BCUT2D eigenvalue weighted by Crippen LogP contribution is 2.29. The molecule has 0 spiro atoms. The number of hydrogen-bond donors (Lipinski definition) is 3. The van der Waals surface area contributed by atoms with E-state index in [2.05, 4.69) is 161 Å². The molecule has 0 radical (unpaired) electrons. The fourth-order valence-electron chi connectivity index (χ4n) is 12.3. The van der Waals surface area contributed by atoms with Crippen LogP contribution in [0.3, 0.4) is 0 Å². The van der Waals surface area contributed by atoms with E-state index < -0.39 is 4.92 Å². The number of esters is 3. The van der Waals surface area contributed by atoms with Gasteiger partial charge in [-0.3, -0.25) is 48.5 Å². The molecule has 1 aliphatic rings. The van der Waals surface area contributed by atoms with Crippen molar-refractivity contribution in [2.45, 2.75) is 334 Å². The third kappa shape index (κ3) is 72.5. The number of ketones is 1. The third-order valence-corrected chi connectivity index (χ3v) is 20.6. The summed E-state index contributed by atoms with van der Waals surface area (Å²) in [4.78, 5) is 105. The first-order valence-electron chi connectivity index (χ1n) is 48.3. The molecule has 3 N–H and O–H groups in total. The predicted molar refractivity (Wildman–Crippen MR) is 552 cm³/mol. The quantitative estimate of drug-likeness (QED) is 0.00831. The number of carbonyl (C=O) groups excluding carboxylic acids is 8. The number of anilines is 2. The van der Waals surface area contributed by atoms with Crippen LogP contribution in [0, 0.1) is 60.4 Å². The van der Waals surface area contributed by atoms with Gasteiger partial charge in [-0.25, -0.2) is 0 Å². The van der Waals surface area contributed by atoms with Crippen LogP contribution >= 0.6 is 0 Å². The van der Waals surface area contributed by atoms with Gasteiger partial charge in [0.05, 0.1) is 38.8 Å². The van der Waals surface area contributed by atoms with Gasteiger partial charge in [-0.15, -0.1) is 0 Å². The minimum Gasteiger partial charge on any atom is -0.497 e. The fourth-order valence-corrected chi connectivity index (χ4v) is 12.3. The Morgan fingerprint density at radius 2 is 0.726 bits per heavy atom. The fraction of sp³-hybridized carbons (Fsp3) is 0.561. The molecule has 0 unspecified atom stereocenters. The molecule has 0 aliphatic carbocycles. The van der Waals surface area contributed by atoms with Crippen molar-refractivity contribution in [3.05, 3.63) is 232 Å². The second kappa shape index (κ2) is 64.5. The van der Waals surface area contributed by atoms with E-state index in [0.29, 0.717) is 107 Å². The minimum atomic E-state index is -0.467. The first kappa shape index (κ1) is 122. The van der Waals surface area contributed by atoms with E-state index in [9.17, 15) is 48.5 Å². The lowest BCUT2D eigenvalue weighted by molar-refractivity contribution is -0.384. The molecule has 4 amide bonds. The number of Topliss-reactive ketones (excluding diaryl/α,β-unsaturated/α-hetero) is 1. The van der Waals surface area contributed by atoms with Gasteiger partial charge in [0.15, 0.2) is 5.78 Å². The van der Waals surface area contributed by atoms with Crippen LogP contribution in [0.5, 0.6) is 11.5 Å². The summed E-state index contributed by atoms with van der Waals surface area (Å²) in [7, 11) is 3.28. The van der Waals surface area contributed by atoms with Gasteiger partial charge >= 0.3 is 17.9 Å². The van der Waals surface area contributed by atoms with Crippen LogP contribution in [0.1, 0.15) is 339 Å². The summed E-state index contributed by atoms with van der Waals surface area (Å²) in [5.41, 5.74) is 9.27. The molecule has 8 rings (SSSR count). The summed E-state index contributed by atoms with van der Waals surface area (Å²) >= 11 is 0. The van der Waals surface area contributed by atoms with E-state index in [0.717, 1.165) is 121 Å². The summed E-state index contributed by atoms with van der Waals surface area (Å²) in [6.45, 7) is 58.2. The van der Waals surface area contributed by atoms with Gasteiger partial charge in [-0.1, -0.05) is 313 Å². The second-order valence-corrected chi connectivity index (χ2v) is 44.3. The van der Waals surface area contributed by atoms with Crippen LogP contribution in [0.2, 0.25) is 0 Å². The zero-order valence-corrected chi connectivity index (χ0v) is 87.8. The summed E-state index contributed by atoms with van der Waals surface area (Å²) < 4.78 is 31.1. The number of para-hydroxylation sites is 1. The smallest absolute Gasteiger partial charge is 0.306 e. The molecule has 1 fully saturated rings. The summed E-state index contributed by atoms with van der Waals surface area (Å²) in [6.07, 6.45) is 17.8. The number of nitrogens with one attached hydrogen (secondary N) is 3. The molecule has 1 aliphatic heterocycles. The SMILES string of the molecule is CC(C)(C)CC(=O)OCc1ccccc1.CC(C)(C)CCC(=O)N1CCOCC1.CC(C)(C)CCC(=O)Nc1ccc([N+](=O)[O-])cc1.CC(C)(C)CCC(=O)Nc1ccccc1.CC(C)(C)CCC(=O)OCc1ccccc1.CC(C)(C)CCCCCC(=O)OCc1ccccc1.COc1cc(C)cc(C(=O)CCCCCC(C)(C)C)c1.COc1ccc(CNC(=O)CCC(C)(C)C)cc1. The van der Waals surface area contributed by atoms with Gasteiger partial charge < -0.3 is 49.3 Å². The van der Waals surface area contributed by atoms with Crippen LogP contribution in [-0.4, -0.2) is 97.7 Å². The van der Waals surface area contributed by atoms with E-state index in [1.54, 1.807) is 14.2 Å². The number of carbonyl (C=O) groups is 8. The number of ether oxygens (including phenoxy) is 6. The molecule has 0 saturated carbocycles. The minimum absolute atomic E-state index is 0.00618. The van der Waals surface area contributed by atoms with Gasteiger partial charge in [-0.05, 0) is 190 Å². The third-order valence-electron chi connectivity index (χ3n) is 20.6. The maximum absolute atomic E-state index is 12.2. The number of aryl methyl sites for hydroxylation is 1. The number of hydrogen-bond acceptors (Lipinski definition) is 16. The number of unbranched alkanes of at least 4 members (excludes halogenated alkanes) is 4. The Morgan fingerprint density at radius 1 is 0.363 bits per heavy atom. The number of morpholine rings is 1. The van der Waals surface area contributed by atoms with Crippen molar-refractivity contribution in [1.29, 1.82) is 0 Å². The molecular formula is C114H173N5O16. The van der Waals surface area contributed by atoms with E-state index in [1.807, 2.05) is 196 Å². The molecule has 0 bridgehead atoms. The lowest BCUT2D eigenvalue weighted by atomic mass is 9.89. The number of nitro groups is 1. The van der Waals surface area contributed by atoms with E-state index in [-0.39, 0.29) is 85.5 Å². The molecule has 21 heteroatoms. The molecule has 7 aromatic carbocycles. The Morgan fingerprint density at radius 3 is 1.12 bits per heavy atom. The molecular weight excluding hydrogens is 1700 g/mol. The molecule has 7 aromatic rings. The first-order valence-corrected chi connectivity index (χ1v) is 48.3. The Hall–Kier alpha value is -10.5. The zero-order valence-electron chi connectivity index (χ0n) is 87.8. The molecule has 750 valence electrons. The lowest BCUT2D eigenvalue weighted by Gasteiger charge is -2.28. The van der Waals surface area contributed by atoms with Crippen molar-refractivity contribution < 1.29 is 71.7 Å². The van der Waals surface area contributed by atoms with Gasteiger partial charge in [0, 0.05) is 93.7 Å². The number of nitrogens with zero attached hydrogens (tertiary/aromatic N) is 2. The normalized spacial score (nSPS) is 11.9. The summed E-state index contributed by atoms with van der Waals surface area (Å²) in [5.74, 6) is 1.91. The van der Waals surface area contributed by atoms with E-state index in [4.69, 9.17) is 28.4 Å². The van der Waals surface area contributed by atoms with Crippen molar-refractivity contribution in [2.75, 3.05) is 51.2 Å². The maximum atomic E-state index is 12.2. The average molecular weight is 1870 g/mol. The molecule has 0 atom stereocenters. The standard InChI is InChI=1S/C18H28O2.C17H26O2.C15H23NO2.C14H20O2.C13H18N2O3.C13H19NO.C13H18O2.C11H21NO2/c1-14-11-15(13-16(12-14)20-5)17(19)9-7-6-8-10-18(2,3)4;1-17(2,3)13-9-5-8-12-16(18)19-14-15-10-6-4-7-11-15;1-15(2,3)10-9-14(17)16-11-12-5-7-13(18-4)8-6-12;1-14(2,3)10-9-13(15)16-11-12-7-5-4-6-8-12;1-13(2,3)9-8-12(16)14-10-4-6-11(7-5-10)15(17)18;1-13(2,3)10-9-12(15)14-11-7-5-4-6-8-11;1-13(2,3)9-12(14)15-10-11-7-5-4-6-8-11;1-11(2,3)5-4-10(13)12-6-8-14-9-7-12/h11-13H,6-10H2,1-5H3;4,6-7,10-11H,5,8-9,12-14H2,1-3H3;5-8H,9-11H2,1-4H3,(H,16,17);4-8H,9-11H2,1-3H3;4-7H,8-9H2,1-3H3,(H,14,16);4-8H,9-10H2,1-3H3,(H,14,15);4-8H,9-10H2,1-3H3;4-9H2,1-3H3. The van der Waals surface area contributed by atoms with Gasteiger partial charge in [0.2, 0.25) is 23.6 Å². The lowest BCUT2D eigenvalue weighted by Crippen LogP contribution is -2.40. The highest BCUT2D eigenvalue weighted by atomic mass is 16.6. The van der Waals surface area contributed by atoms with Crippen molar-refractivity contribution in [2.24, 2.45) is 43.3 Å². The van der Waals surface area contributed by atoms with Crippen LogP contribution < -0.4 is 25.4 Å². The van der Waals surface area contributed by atoms with Crippen LogP contribution in [0.25, 0.3) is 0 Å². The van der Waals surface area contributed by atoms with Crippen LogP contribution in [0.4, 0.5) is 17.1 Å². The van der Waals surface area contributed by atoms with Crippen molar-refractivity contribution in [3.8, 4) is 11.5 Å². The highest BCUT2D eigenvalue weighted by molar-refractivity contribution is 5.96. The highest BCUT2D eigenvalue weighted by Gasteiger charge is 2.23. The number of amides is 4. The predicted octanol–water partition coefficient (Wildman–Crippen LogP) is 28.3. The number of rotatable bonds is 35. The van der Waals surface area contributed by atoms with E-state index >= 15 is 0 Å². The second-order valence-electron chi connectivity index (χ2n) is 44.3.